The van der Waals surface area contributed by atoms with E-state index in [-0.39, 0.29) is 0 Å². The van der Waals surface area contributed by atoms with Gasteiger partial charge in [-0.1, -0.05) is 30.3 Å². The molecule has 112 valence electrons. The number of aromatic nitrogens is 2. The Hall–Kier alpha value is -2.59. The van der Waals surface area contributed by atoms with Crippen molar-refractivity contribution in [2.75, 3.05) is 7.11 Å². The maximum Gasteiger partial charge on any atom is 0.137 e. The van der Waals surface area contributed by atoms with E-state index in [2.05, 4.69) is 45.6 Å². The zero-order valence-corrected chi connectivity index (χ0v) is 12.5. The van der Waals surface area contributed by atoms with Crippen molar-refractivity contribution in [3.8, 4) is 17.1 Å². The Morgan fingerprint density at radius 1 is 1.09 bits per heavy atom. The van der Waals surface area contributed by atoms with E-state index < -0.39 is 0 Å². The van der Waals surface area contributed by atoms with Gasteiger partial charge < -0.3 is 15.0 Å². The average molecular weight is 293 g/mol. The van der Waals surface area contributed by atoms with Crippen LogP contribution in [0.5, 0.6) is 5.75 Å². The molecule has 1 heterocycles. The fourth-order valence-electron chi connectivity index (χ4n) is 2.42. The Kier molecular flexibility index (Phi) is 4.51. The molecule has 3 rings (SSSR count). The number of hydrogen-bond donors (Lipinski definition) is 2. The standard InChI is InChI=1S/C18H19N3O/c1-22-17-8-7-15(18-20-9-10-21-18)11-16(17)13-19-12-14-5-3-2-4-6-14/h2-11,19H,12-13H2,1H3,(H,20,21). The van der Waals surface area contributed by atoms with E-state index in [1.807, 2.05) is 24.4 Å². The molecule has 0 radical (unpaired) electrons. The number of H-pyrrole nitrogens is 1. The number of ether oxygens (including phenoxy) is 1. The van der Waals surface area contributed by atoms with Crippen LogP contribution in [-0.4, -0.2) is 17.1 Å². The molecule has 3 aromatic rings. The molecule has 0 bridgehead atoms. The third kappa shape index (κ3) is 3.35. The van der Waals surface area contributed by atoms with E-state index in [1.54, 1.807) is 13.3 Å². The van der Waals surface area contributed by atoms with Gasteiger partial charge in [0, 0.05) is 36.6 Å². The molecule has 0 unspecified atom stereocenters. The van der Waals surface area contributed by atoms with Crippen molar-refractivity contribution in [3.63, 3.8) is 0 Å². The van der Waals surface area contributed by atoms with Crippen molar-refractivity contribution in [3.05, 3.63) is 72.1 Å². The number of rotatable bonds is 6. The van der Waals surface area contributed by atoms with Gasteiger partial charge in [0.15, 0.2) is 0 Å². The third-order valence-corrected chi connectivity index (χ3v) is 3.54. The molecule has 0 aliphatic rings. The highest BCUT2D eigenvalue weighted by Crippen LogP contribution is 2.24. The fraction of sp³-hybridized carbons (Fsp3) is 0.167. The second kappa shape index (κ2) is 6.91. The highest BCUT2D eigenvalue weighted by molar-refractivity contribution is 5.58. The smallest absolute Gasteiger partial charge is 0.137 e. The second-order valence-corrected chi connectivity index (χ2v) is 5.05. The monoisotopic (exact) mass is 293 g/mol. The molecule has 2 N–H and O–H groups in total. The molecule has 0 saturated carbocycles. The summed E-state index contributed by atoms with van der Waals surface area (Å²) >= 11 is 0. The molecule has 0 atom stereocenters. The second-order valence-electron chi connectivity index (χ2n) is 5.05. The number of nitrogens with one attached hydrogen (secondary N) is 2. The van der Waals surface area contributed by atoms with Crippen molar-refractivity contribution in [2.24, 2.45) is 0 Å². The predicted molar refractivity (Wildman–Crippen MR) is 87.6 cm³/mol. The van der Waals surface area contributed by atoms with Crippen molar-refractivity contribution >= 4 is 0 Å². The Bertz CT molecular complexity index is 708. The Labute approximate surface area is 130 Å². The van der Waals surface area contributed by atoms with Crippen molar-refractivity contribution in [2.45, 2.75) is 13.1 Å². The summed E-state index contributed by atoms with van der Waals surface area (Å²) in [5.74, 6) is 1.75. The van der Waals surface area contributed by atoms with E-state index in [9.17, 15) is 0 Å². The lowest BCUT2D eigenvalue weighted by molar-refractivity contribution is 0.407. The Morgan fingerprint density at radius 2 is 1.95 bits per heavy atom. The number of nitrogens with zero attached hydrogens (tertiary/aromatic N) is 1. The molecule has 0 aliphatic heterocycles. The van der Waals surface area contributed by atoms with E-state index in [1.165, 1.54) is 5.56 Å². The van der Waals surface area contributed by atoms with Gasteiger partial charge >= 0.3 is 0 Å². The minimum Gasteiger partial charge on any atom is -0.496 e. The van der Waals surface area contributed by atoms with Gasteiger partial charge in [0.05, 0.1) is 7.11 Å². The Balaban J connectivity index is 1.72. The summed E-state index contributed by atoms with van der Waals surface area (Å²) in [5, 5.41) is 3.45. The lowest BCUT2D eigenvalue weighted by atomic mass is 10.1. The van der Waals surface area contributed by atoms with Gasteiger partial charge in [-0.25, -0.2) is 4.98 Å². The van der Waals surface area contributed by atoms with Gasteiger partial charge in [-0.05, 0) is 23.8 Å². The van der Waals surface area contributed by atoms with Crippen LogP contribution in [0.25, 0.3) is 11.4 Å². The van der Waals surface area contributed by atoms with Crippen LogP contribution in [0.3, 0.4) is 0 Å². The van der Waals surface area contributed by atoms with Crippen LogP contribution in [-0.2, 0) is 13.1 Å². The summed E-state index contributed by atoms with van der Waals surface area (Å²) in [4.78, 5) is 7.42. The number of methoxy groups -OCH3 is 1. The number of aromatic amines is 1. The number of benzene rings is 2. The fourth-order valence-corrected chi connectivity index (χ4v) is 2.42. The molecule has 0 saturated heterocycles. The summed E-state index contributed by atoms with van der Waals surface area (Å²) in [7, 11) is 1.70. The molecule has 22 heavy (non-hydrogen) atoms. The van der Waals surface area contributed by atoms with Gasteiger partial charge in [-0.3, -0.25) is 0 Å². The lowest BCUT2D eigenvalue weighted by Crippen LogP contribution is -2.13. The van der Waals surface area contributed by atoms with Crippen LogP contribution in [0.15, 0.2) is 60.9 Å². The van der Waals surface area contributed by atoms with Gasteiger partial charge in [-0.15, -0.1) is 0 Å². The molecule has 0 amide bonds. The first-order valence-corrected chi connectivity index (χ1v) is 7.28. The minimum atomic E-state index is 0.743. The normalized spacial score (nSPS) is 10.6. The van der Waals surface area contributed by atoms with Crippen LogP contribution in [0.2, 0.25) is 0 Å². The highest BCUT2D eigenvalue weighted by Gasteiger charge is 2.07. The third-order valence-electron chi connectivity index (χ3n) is 3.54. The molecule has 1 aromatic heterocycles. The van der Waals surface area contributed by atoms with Crippen LogP contribution in [0.1, 0.15) is 11.1 Å². The van der Waals surface area contributed by atoms with Gasteiger partial charge in [0.25, 0.3) is 0 Å². The van der Waals surface area contributed by atoms with E-state index in [0.717, 1.165) is 35.8 Å². The predicted octanol–water partition coefficient (Wildman–Crippen LogP) is 3.38. The molecule has 4 nitrogen and oxygen atoms in total. The highest BCUT2D eigenvalue weighted by atomic mass is 16.5. The zero-order chi connectivity index (χ0) is 15.2. The molecular formula is C18H19N3O. The van der Waals surface area contributed by atoms with Crippen molar-refractivity contribution in [1.82, 2.24) is 15.3 Å². The molecule has 0 fully saturated rings. The first-order chi connectivity index (χ1) is 10.9. The molecular weight excluding hydrogens is 274 g/mol. The SMILES string of the molecule is COc1ccc(-c2ncc[nH]2)cc1CNCc1ccccc1. The number of hydrogen-bond acceptors (Lipinski definition) is 3. The zero-order valence-electron chi connectivity index (χ0n) is 12.5. The van der Waals surface area contributed by atoms with E-state index >= 15 is 0 Å². The van der Waals surface area contributed by atoms with Crippen molar-refractivity contribution < 1.29 is 4.74 Å². The molecule has 0 aliphatic carbocycles. The molecule has 2 aromatic carbocycles. The maximum atomic E-state index is 5.45. The lowest BCUT2D eigenvalue weighted by Gasteiger charge is -2.11. The quantitative estimate of drug-likeness (QED) is 0.732. The summed E-state index contributed by atoms with van der Waals surface area (Å²) in [6, 6.07) is 16.5. The topological polar surface area (TPSA) is 49.9 Å². The van der Waals surface area contributed by atoms with E-state index in [4.69, 9.17) is 4.74 Å². The molecule has 0 spiro atoms. The maximum absolute atomic E-state index is 5.45. The van der Waals surface area contributed by atoms with Crippen LogP contribution >= 0.6 is 0 Å². The number of imidazole rings is 1. The summed E-state index contributed by atoms with van der Waals surface area (Å²) in [6.45, 7) is 1.57. The van der Waals surface area contributed by atoms with Gasteiger partial charge in [-0.2, -0.15) is 0 Å². The van der Waals surface area contributed by atoms with Crippen LogP contribution in [0, 0.1) is 0 Å². The first kappa shape index (κ1) is 14.4. The van der Waals surface area contributed by atoms with Crippen LogP contribution in [0.4, 0.5) is 0 Å². The first-order valence-electron chi connectivity index (χ1n) is 7.28. The average Bonchev–Trinajstić information content (AvgIpc) is 3.10. The van der Waals surface area contributed by atoms with Crippen molar-refractivity contribution in [1.29, 1.82) is 0 Å². The van der Waals surface area contributed by atoms with Gasteiger partial charge in [0.1, 0.15) is 11.6 Å². The molecule has 4 heteroatoms. The Morgan fingerprint density at radius 3 is 2.68 bits per heavy atom. The van der Waals surface area contributed by atoms with Crippen LogP contribution < -0.4 is 10.1 Å². The minimum absolute atomic E-state index is 0.743. The summed E-state index contributed by atoms with van der Waals surface area (Å²) in [5.41, 5.74) is 3.44. The van der Waals surface area contributed by atoms with E-state index in [0.29, 0.717) is 0 Å². The summed E-state index contributed by atoms with van der Waals surface area (Å²) in [6.07, 6.45) is 3.58. The van der Waals surface area contributed by atoms with Gasteiger partial charge in [0.2, 0.25) is 0 Å². The largest absolute Gasteiger partial charge is 0.496 e. The summed E-state index contributed by atoms with van der Waals surface area (Å²) < 4.78 is 5.45.